The highest BCUT2D eigenvalue weighted by Crippen LogP contribution is 2.24. The zero-order chi connectivity index (χ0) is 17.8. The van der Waals surface area contributed by atoms with Gasteiger partial charge in [-0.3, -0.25) is 4.79 Å². The lowest BCUT2D eigenvalue weighted by Crippen LogP contribution is -2.09. The van der Waals surface area contributed by atoms with Crippen molar-refractivity contribution in [2.45, 2.75) is 6.92 Å². The Morgan fingerprint density at radius 1 is 1.12 bits per heavy atom. The van der Waals surface area contributed by atoms with E-state index in [1.54, 1.807) is 30.3 Å². The third-order valence-electron chi connectivity index (χ3n) is 3.66. The molecule has 1 amide bonds. The highest BCUT2D eigenvalue weighted by Gasteiger charge is 2.05. The van der Waals surface area contributed by atoms with Crippen LogP contribution in [0.25, 0.3) is 17.4 Å². The monoisotopic (exact) mass is 352 g/mol. The molecule has 1 heterocycles. The molecule has 3 rings (SSSR count). The minimum atomic E-state index is -0.239. The first kappa shape index (κ1) is 16.9. The molecule has 0 aliphatic rings. The van der Waals surface area contributed by atoms with Crippen molar-refractivity contribution in [1.82, 2.24) is 0 Å². The predicted octanol–water partition coefficient (Wildman–Crippen LogP) is 5.14. The number of amides is 1. The molecule has 3 aromatic rings. The maximum atomic E-state index is 12.1. The Labute approximate surface area is 150 Å². The summed E-state index contributed by atoms with van der Waals surface area (Å²) in [6.45, 7) is 1.89. The van der Waals surface area contributed by atoms with Gasteiger partial charge in [-0.25, -0.2) is 0 Å². The first-order valence-electron chi connectivity index (χ1n) is 7.72. The van der Waals surface area contributed by atoms with E-state index in [2.05, 4.69) is 5.32 Å². The molecule has 126 valence electrons. The molecular formula is C20H17ClN2O2. The van der Waals surface area contributed by atoms with Gasteiger partial charge >= 0.3 is 0 Å². The first-order chi connectivity index (χ1) is 12.0. The Balaban J connectivity index is 1.67. The highest BCUT2D eigenvalue weighted by molar-refractivity contribution is 6.30. The Morgan fingerprint density at radius 3 is 2.60 bits per heavy atom. The molecule has 4 nitrogen and oxygen atoms in total. The number of benzene rings is 2. The second-order valence-electron chi connectivity index (χ2n) is 5.61. The Bertz CT molecular complexity index is 927. The molecule has 3 N–H and O–H groups in total. The summed E-state index contributed by atoms with van der Waals surface area (Å²) in [5.41, 5.74) is 8.92. The number of nitrogen functional groups attached to an aromatic ring is 1. The lowest BCUT2D eigenvalue weighted by molar-refractivity contribution is -0.111. The van der Waals surface area contributed by atoms with Crippen molar-refractivity contribution in [3.63, 3.8) is 0 Å². The van der Waals surface area contributed by atoms with Crippen LogP contribution >= 0.6 is 11.6 Å². The molecule has 0 unspecified atom stereocenters. The van der Waals surface area contributed by atoms with Gasteiger partial charge in [0.2, 0.25) is 5.91 Å². The number of hydrogen-bond donors (Lipinski definition) is 2. The van der Waals surface area contributed by atoms with Gasteiger partial charge in [-0.1, -0.05) is 11.6 Å². The highest BCUT2D eigenvalue weighted by atomic mass is 35.5. The standard InChI is InChI=1S/C20H17ClN2O2/c1-13-12-16(22)6-9-18(13)23-20(24)11-8-17-7-10-19(25-17)14-2-4-15(21)5-3-14/h2-12H,22H2,1H3,(H,23,24)/b11-8+. The second-order valence-corrected chi connectivity index (χ2v) is 6.04. The molecule has 0 saturated heterocycles. The molecule has 0 atom stereocenters. The van der Waals surface area contributed by atoms with Crippen LogP contribution in [-0.4, -0.2) is 5.91 Å². The number of carbonyl (C=O) groups excluding carboxylic acids is 1. The molecule has 0 saturated carbocycles. The fraction of sp³-hybridized carbons (Fsp3) is 0.0500. The number of halogens is 1. The van der Waals surface area contributed by atoms with Gasteiger partial charge in [-0.15, -0.1) is 0 Å². The maximum Gasteiger partial charge on any atom is 0.248 e. The molecule has 1 aromatic heterocycles. The smallest absolute Gasteiger partial charge is 0.248 e. The number of hydrogen-bond acceptors (Lipinski definition) is 3. The van der Waals surface area contributed by atoms with Gasteiger partial charge in [0.25, 0.3) is 0 Å². The Morgan fingerprint density at radius 2 is 1.88 bits per heavy atom. The van der Waals surface area contributed by atoms with Crippen LogP contribution in [0.15, 0.2) is 65.1 Å². The van der Waals surface area contributed by atoms with Crippen molar-refractivity contribution in [2.75, 3.05) is 11.1 Å². The van der Waals surface area contributed by atoms with E-state index in [1.807, 2.05) is 37.3 Å². The van der Waals surface area contributed by atoms with Gasteiger partial charge < -0.3 is 15.5 Å². The minimum Gasteiger partial charge on any atom is -0.457 e. The minimum absolute atomic E-state index is 0.239. The molecular weight excluding hydrogens is 336 g/mol. The Kier molecular flexibility index (Phi) is 4.91. The van der Waals surface area contributed by atoms with E-state index in [1.165, 1.54) is 6.08 Å². The summed E-state index contributed by atoms with van der Waals surface area (Å²) in [7, 11) is 0. The lowest BCUT2D eigenvalue weighted by atomic mass is 10.2. The van der Waals surface area contributed by atoms with Crippen LogP contribution in [0.1, 0.15) is 11.3 Å². The quantitative estimate of drug-likeness (QED) is 0.504. The van der Waals surface area contributed by atoms with Crippen LogP contribution in [0.5, 0.6) is 0 Å². The molecule has 0 aliphatic heterocycles. The predicted molar refractivity (Wildman–Crippen MR) is 102 cm³/mol. The molecule has 0 radical (unpaired) electrons. The van der Waals surface area contributed by atoms with Crippen molar-refractivity contribution in [1.29, 1.82) is 0 Å². The van der Waals surface area contributed by atoms with Gasteiger partial charge in [0, 0.05) is 28.0 Å². The summed E-state index contributed by atoms with van der Waals surface area (Å²) in [5.74, 6) is 1.07. The summed E-state index contributed by atoms with van der Waals surface area (Å²) in [6.07, 6.45) is 3.06. The molecule has 0 bridgehead atoms. The van der Waals surface area contributed by atoms with Crippen molar-refractivity contribution in [3.8, 4) is 11.3 Å². The topological polar surface area (TPSA) is 68.3 Å². The van der Waals surface area contributed by atoms with E-state index in [9.17, 15) is 4.79 Å². The van der Waals surface area contributed by atoms with Gasteiger partial charge in [-0.2, -0.15) is 0 Å². The van der Waals surface area contributed by atoms with Gasteiger partial charge in [0.05, 0.1) is 0 Å². The molecule has 5 heteroatoms. The van der Waals surface area contributed by atoms with E-state index >= 15 is 0 Å². The summed E-state index contributed by atoms with van der Waals surface area (Å²) in [4.78, 5) is 12.1. The number of nitrogens with one attached hydrogen (secondary N) is 1. The van der Waals surface area contributed by atoms with Crippen LogP contribution < -0.4 is 11.1 Å². The van der Waals surface area contributed by atoms with Crippen molar-refractivity contribution >= 4 is 35.0 Å². The van der Waals surface area contributed by atoms with Crippen molar-refractivity contribution < 1.29 is 9.21 Å². The molecule has 0 fully saturated rings. The molecule has 0 spiro atoms. The average molecular weight is 353 g/mol. The van der Waals surface area contributed by atoms with E-state index in [-0.39, 0.29) is 5.91 Å². The first-order valence-corrected chi connectivity index (χ1v) is 8.10. The number of nitrogens with two attached hydrogens (primary N) is 1. The zero-order valence-corrected chi connectivity index (χ0v) is 14.4. The SMILES string of the molecule is Cc1cc(N)ccc1NC(=O)/C=C/c1ccc(-c2ccc(Cl)cc2)o1. The van der Waals surface area contributed by atoms with Gasteiger partial charge in [0.1, 0.15) is 11.5 Å². The third kappa shape index (κ3) is 4.31. The van der Waals surface area contributed by atoms with Crippen molar-refractivity contribution in [2.24, 2.45) is 0 Å². The maximum absolute atomic E-state index is 12.1. The lowest BCUT2D eigenvalue weighted by Gasteiger charge is -2.06. The van der Waals surface area contributed by atoms with E-state index in [4.69, 9.17) is 21.8 Å². The van der Waals surface area contributed by atoms with E-state index < -0.39 is 0 Å². The normalized spacial score (nSPS) is 11.0. The zero-order valence-electron chi connectivity index (χ0n) is 13.6. The number of carbonyl (C=O) groups is 1. The number of furan rings is 1. The number of aryl methyl sites for hydroxylation is 1. The average Bonchev–Trinajstić information content (AvgIpc) is 3.05. The molecule has 0 aliphatic carbocycles. The summed E-state index contributed by atoms with van der Waals surface area (Å²) < 4.78 is 5.72. The largest absolute Gasteiger partial charge is 0.457 e. The van der Waals surface area contributed by atoms with Crippen LogP contribution in [0, 0.1) is 6.92 Å². The van der Waals surface area contributed by atoms with Gasteiger partial charge in [-0.05, 0) is 73.2 Å². The third-order valence-corrected chi connectivity index (χ3v) is 3.91. The van der Waals surface area contributed by atoms with Crippen LogP contribution in [0.3, 0.4) is 0 Å². The van der Waals surface area contributed by atoms with E-state index in [0.29, 0.717) is 22.2 Å². The van der Waals surface area contributed by atoms with Crippen LogP contribution in [-0.2, 0) is 4.79 Å². The number of rotatable bonds is 4. The van der Waals surface area contributed by atoms with Crippen LogP contribution in [0.4, 0.5) is 11.4 Å². The number of anilines is 2. The Hall–Kier alpha value is -2.98. The van der Waals surface area contributed by atoms with Crippen LogP contribution in [0.2, 0.25) is 5.02 Å². The van der Waals surface area contributed by atoms with Crippen molar-refractivity contribution in [3.05, 3.63) is 77.0 Å². The molecule has 25 heavy (non-hydrogen) atoms. The second kappa shape index (κ2) is 7.28. The summed E-state index contributed by atoms with van der Waals surface area (Å²) in [5, 5.41) is 3.49. The van der Waals surface area contributed by atoms with E-state index in [0.717, 1.165) is 16.8 Å². The van der Waals surface area contributed by atoms with Gasteiger partial charge in [0.15, 0.2) is 0 Å². The summed E-state index contributed by atoms with van der Waals surface area (Å²) in [6, 6.07) is 16.4. The fourth-order valence-electron chi connectivity index (χ4n) is 2.37. The summed E-state index contributed by atoms with van der Waals surface area (Å²) >= 11 is 5.88. The molecule has 2 aromatic carbocycles. The fourth-order valence-corrected chi connectivity index (χ4v) is 2.50.